The molecule has 1 fully saturated rings. The van der Waals surface area contributed by atoms with Gasteiger partial charge in [0.25, 0.3) is 5.91 Å². The van der Waals surface area contributed by atoms with Crippen LogP contribution in [0.25, 0.3) is 0 Å². The molecule has 24 heavy (non-hydrogen) atoms. The average molecular weight is 342 g/mol. The molecule has 1 unspecified atom stereocenters. The summed E-state index contributed by atoms with van der Waals surface area (Å²) in [6.07, 6.45) is 2.67. The van der Waals surface area contributed by atoms with Gasteiger partial charge in [0.05, 0.1) is 18.0 Å². The van der Waals surface area contributed by atoms with Crippen molar-refractivity contribution in [2.24, 2.45) is 0 Å². The Kier molecular flexibility index (Phi) is 4.06. The number of hydrogen-bond acceptors (Lipinski definition) is 4. The second-order valence-electron chi connectivity index (χ2n) is 6.67. The second kappa shape index (κ2) is 6.22. The lowest BCUT2D eigenvalue weighted by Gasteiger charge is -2.15. The zero-order valence-corrected chi connectivity index (χ0v) is 14.9. The van der Waals surface area contributed by atoms with Crippen LogP contribution in [0.15, 0.2) is 30.3 Å². The average Bonchev–Trinajstić information content (AvgIpc) is 3.24. The van der Waals surface area contributed by atoms with Gasteiger partial charge in [-0.1, -0.05) is 12.1 Å². The van der Waals surface area contributed by atoms with Gasteiger partial charge in [-0.3, -0.25) is 9.69 Å². The molecule has 1 N–H and O–H groups in total. The molecule has 2 heterocycles. The summed E-state index contributed by atoms with van der Waals surface area (Å²) in [4.78, 5) is 17.3. The highest BCUT2D eigenvalue weighted by Crippen LogP contribution is 2.38. The van der Waals surface area contributed by atoms with Gasteiger partial charge in [0.15, 0.2) is 0 Å². The zero-order chi connectivity index (χ0) is 16.7. The highest BCUT2D eigenvalue weighted by molar-refractivity contribution is 7.14. The lowest BCUT2D eigenvalue weighted by atomic mass is 10.1. The predicted octanol–water partition coefficient (Wildman–Crippen LogP) is 3.73. The Morgan fingerprint density at radius 1 is 1.33 bits per heavy atom. The minimum Gasteiger partial charge on any atom is -0.497 e. The molecule has 0 spiro atoms. The Morgan fingerprint density at radius 2 is 2.17 bits per heavy atom. The van der Waals surface area contributed by atoms with E-state index in [1.807, 2.05) is 31.2 Å². The van der Waals surface area contributed by atoms with Gasteiger partial charge in [0.2, 0.25) is 0 Å². The van der Waals surface area contributed by atoms with Crippen LogP contribution < -0.4 is 10.1 Å². The summed E-state index contributed by atoms with van der Waals surface area (Å²) in [5.74, 6) is 0.826. The molecule has 0 bridgehead atoms. The lowest BCUT2D eigenvalue weighted by Crippen LogP contribution is -2.26. The number of hydrogen-bond donors (Lipinski definition) is 1. The number of ether oxygens (including phenoxy) is 1. The highest BCUT2D eigenvalue weighted by atomic mass is 32.1. The van der Waals surface area contributed by atoms with Crippen molar-refractivity contribution in [2.45, 2.75) is 44.9 Å². The fourth-order valence-corrected chi connectivity index (χ4v) is 4.37. The van der Waals surface area contributed by atoms with E-state index in [0.29, 0.717) is 0 Å². The van der Waals surface area contributed by atoms with Gasteiger partial charge in [-0.25, -0.2) is 0 Å². The first-order valence-electron chi connectivity index (χ1n) is 8.44. The molecule has 4 nitrogen and oxygen atoms in total. The Bertz CT molecular complexity index is 743. The van der Waals surface area contributed by atoms with Crippen LogP contribution in [0, 0.1) is 0 Å². The fraction of sp³-hybridized carbons (Fsp3) is 0.421. The van der Waals surface area contributed by atoms with Crippen LogP contribution >= 0.6 is 11.3 Å². The number of benzene rings is 1. The van der Waals surface area contributed by atoms with Gasteiger partial charge in [-0.15, -0.1) is 11.3 Å². The van der Waals surface area contributed by atoms with Crippen LogP contribution in [-0.2, 0) is 13.1 Å². The topological polar surface area (TPSA) is 41.6 Å². The molecule has 1 amide bonds. The number of carbonyl (C=O) groups is 1. The van der Waals surface area contributed by atoms with Crippen molar-refractivity contribution in [3.8, 4) is 5.75 Å². The van der Waals surface area contributed by atoms with E-state index in [1.165, 1.54) is 23.3 Å². The fourth-order valence-electron chi connectivity index (χ4n) is 3.27. The second-order valence-corrected chi connectivity index (χ2v) is 7.80. The number of thiophene rings is 1. The molecule has 0 saturated heterocycles. The minimum absolute atomic E-state index is 0.0164. The lowest BCUT2D eigenvalue weighted by molar-refractivity contribution is 0.0943. The normalized spacial score (nSPS) is 18.2. The third-order valence-corrected chi connectivity index (χ3v) is 6.01. The molecule has 1 aliphatic carbocycles. The molecular weight excluding hydrogens is 320 g/mol. The quantitative estimate of drug-likeness (QED) is 0.900. The van der Waals surface area contributed by atoms with Gasteiger partial charge < -0.3 is 10.1 Å². The van der Waals surface area contributed by atoms with E-state index in [9.17, 15) is 4.79 Å². The maximum Gasteiger partial charge on any atom is 0.261 e. The molecule has 126 valence electrons. The number of carbonyl (C=O) groups excluding carboxylic acids is 1. The number of rotatable bonds is 5. The van der Waals surface area contributed by atoms with Gasteiger partial charge in [-0.05, 0) is 49.1 Å². The Balaban J connectivity index is 1.42. The summed E-state index contributed by atoms with van der Waals surface area (Å²) in [7, 11) is 1.65. The van der Waals surface area contributed by atoms with Crippen LogP contribution in [0.3, 0.4) is 0 Å². The van der Waals surface area contributed by atoms with Crippen LogP contribution in [0.2, 0.25) is 0 Å². The Morgan fingerprint density at radius 3 is 2.88 bits per heavy atom. The molecular formula is C19H22N2O2S. The van der Waals surface area contributed by atoms with E-state index >= 15 is 0 Å². The molecule has 1 aliphatic heterocycles. The summed E-state index contributed by atoms with van der Waals surface area (Å²) in [6.45, 7) is 4.03. The molecule has 1 atom stereocenters. The standard InChI is InChI=1S/C19H22N2O2S/c1-12(13-4-3-5-16(8-13)23-2)20-19(22)17-9-14-10-21(15-6-7-15)11-18(14)24-17/h3-5,8-9,12,15H,6-7,10-11H2,1-2H3,(H,20,22). The van der Waals surface area contributed by atoms with E-state index in [0.717, 1.165) is 35.3 Å². The first-order valence-corrected chi connectivity index (χ1v) is 9.26. The SMILES string of the molecule is COc1cccc(C(C)NC(=O)c2cc3c(s2)CN(C2CC2)C3)c1. The highest BCUT2D eigenvalue weighted by Gasteiger charge is 2.34. The van der Waals surface area contributed by atoms with Gasteiger partial charge >= 0.3 is 0 Å². The monoisotopic (exact) mass is 342 g/mol. The molecule has 1 aromatic heterocycles. The van der Waals surface area contributed by atoms with E-state index in [4.69, 9.17) is 4.74 Å². The van der Waals surface area contributed by atoms with Crippen molar-refractivity contribution in [3.63, 3.8) is 0 Å². The van der Waals surface area contributed by atoms with E-state index in [1.54, 1.807) is 18.4 Å². The number of fused-ring (bicyclic) bond motifs is 1. The van der Waals surface area contributed by atoms with Crippen molar-refractivity contribution < 1.29 is 9.53 Å². The summed E-state index contributed by atoms with van der Waals surface area (Å²) in [5, 5.41) is 3.10. The first-order chi connectivity index (χ1) is 11.6. The van der Waals surface area contributed by atoms with Crippen LogP contribution in [0.1, 0.15) is 51.5 Å². The third-order valence-electron chi connectivity index (χ3n) is 4.85. The van der Waals surface area contributed by atoms with Gasteiger partial charge in [0, 0.05) is 24.0 Å². The summed E-state index contributed by atoms with van der Waals surface area (Å²) in [6, 6.07) is 10.6. The molecule has 1 aromatic carbocycles. The largest absolute Gasteiger partial charge is 0.497 e. The number of nitrogens with one attached hydrogen (secondary N) is 1. The van der Waals surface area contributed by atoms with Crippen molar-refractivity contribution >= 4 is 17.2 Å². The molecule has 1 saturated carbocycles. The van der Waals surface area contributed by atoms with Crippen LogP contribution in [-0.4, -0.2) is 24.0 Å². The van der Waals surface area contributed by atoms with E-state index in [-0.39, 0.29) is 11.9 Å². The Labute approximate surface area is 146 Å². The predicted molar refractivity (Wildman–Crippen MR) is 95.5 cm³/mol. The zero-order valence-electron chi connectivity index (χ0n) is 14.0. The molecule has 4 rings (SSSR count). The molecule has 2 aromatic rings. The third kappa shape index (κ3) is 3.06. The number of amides is 1. The van der Waals surface area contributed by atoms with E-state index in [2.05, 4.69) is 16.3 Å². The van der Waals surface area contributed by atoms with Crippen LogP contribution in [0.5, 0.6) is 5.75 Å². The summed E-state index contributed by atoms with van der Waals surface area (Å²) in [5.41, 5.74) is 2.39. The van der Waals surface area contributed by atoms with Gasteiger partial charge in [0.1, 0.15) is 5.75 Å². The van der Waals surface area contributed by atoms with E-state index < -0.39 is 0 Å². The first kappa shape index (κ1) is 15.7. The summed E-state index contributed by atoms with van der Waals surface area (Å²) < 4.78 is 5.25. The maximum absolute atomic E-state index is 12.6. The summed E-state index contributed by atoms with van der Waals surface area (Å²) >= 11 is 1.65. The van der Waals surface area contributed by atoms with Crippen molar-refractivity contribution in [1.29, 1.82) is 0 Å². The number of methoxy groups -OCH3 is 1. The minimum atomic E-state index is -0.0486. The smallest absolute Gasteiger partial charge is 0.261 e. The van der Waals surface area contributed by atoms with Crippen molar-refractivity contribution in [3.05, 3.63) is 51.2 Å². The van der Waals surface area contributed by atoms with Gasteiger partial charge in [-0.2, -0.15) is 0 Å². The van der Waals surface area contributed by atoms with Crippen LogP contribution in [0.4, 0.5) is 0 Å². The van der Waals surface area contributed by atoms with Crippen molar-refractivity contribution in [1.82, 2.24) is 10.2 Å². The van der Waals surface area contributed by atoms with Crippen molar-refractivity contribution in [2.75, 3.05) is 7.11 Å². The Hall–Kier alpha value is -1.85. The molecule has 0 radical (unpaired) electrons. The molecule has 5 heteroatoms. The number of nitrogens with zero attached hydrogens (tertiary/aromatic N) is 1. The maximum atomic E-state index is 12.6. The molecule has 2 aliphatic rings.